The molecule has 0 aromatic heterocycles. The van der Waals surface area contributed by atoms with Crippen LogP contribution in [-0.4, -0.2) is 32.1 Å². The van der Waals surface area contributed by atoms with E-state index in [4.69, 9.17) is 16.3 Å². The second kappa shape index (κ2) is 4.78. The topological polar surface area (TPSA) is 41.6 Å². The van der Waals surface area contributed by atoms with Gasteiger partial charge in [-0.3, -0.25) is 10.2 Å². The molecule has 0 unspecified atom stereocenters. The number of carbonyl (C=O) groups excluding carboxylic acids is 1. The number of ether oxygens (including phenoxy) is 1. The van der Waals surface area contributed by atoms with E-state index < -0.39 is 5.41 Å². The summed E-state index contributed by atoms with van der Waals surface area (Å²) in [6, 6.07) is 5.54. The van der Waals surface area contributed by atoms with Crippen molar-refractivity contribution in [2.45, 2.75) is 18.3 Å². The predicted octanol–water partition coefficient (Wildman–Crippen LogP) is 1.97. The van der Waals surface area contributed by atoms with E-state index in [1.165, 1.54) is 0 Å². The Morgan fingerprint density at radius 3 is 2.56 bits per heavy atom. The smallest absolute Gasteiger partial charge is 0.244 e. The molecule has 4 nitrogen and oxygen atoms in total. The number of benzene rings is 1. The van der Waals surface area contributed by atoms with E-state index in [2.05, 4.69) is 5.43 Å². The Morgan fingerprint density at radius 2 is 2.11 bits per heavy atom. The van der Waals surface area contributed by atoms with Gasteiger partial charge in [-0.1, -0.05) is 17.7 Å². The summed E-state index contributed by atoms with van der Waals surface area (Å²) in [6.45, 7) is 0. The van der Waals surface area contributed by atoms with Crippen molar-refractivity contribution in [1.29, 1.82) is 0 Å². The summed E-state index contributed by atoms with van der Waals surface area (Å²) in [6.07, 6.45) is 1.71. The zero-order valence-corrected chi connectivity index (χ0v) is 11.5. The van der Waals surface area contributed by atoms with Crippen molar-refractivity contribution in [3.8, 4) is 5.75 Å². The first kappa shape index (κ1) is 13.2. The first-order valence-electron chi connectivity index (χ1n) is 5.82. The molecule has 1 aliphatic carbocycles. The number of carbonyl (C=O) groups is 1. The quantitative estimate of drug-likeness (QED) is 0.849. The lowest BCUT2D eigenvalue weighted by Gasteiger charge is -2.20. The molecule has 98 valence electrons. The molecule has 1 N–H and O–H groups in total. The highest BCUT2D eigenvalue weighted by Gasteiger charge is 2.51. The highest BCUT2D eigenvalue weighted by molar-refractivity contribution is 6.32. The minimum Gasteiger partial charge on any atom is -0.495 e. The van der Waals surface area contributed by atoms with Gasteiger partial charge in [0.25, 0.3) is 0 Å². The molecule has 1 amide bonds. The number of hydrazine groups is 1. The largest absolute Gasteiger partial charge is 0.495 e. The molecule has 0 heterocycles. The lowest BCUT2D eigenvalue weighted by Crippen LogP contribution is -2.42. The van der Waals surface area contributed by atoms with Gasteiger partial charge in [0.1, 0.15) is 5.75 Å². The predicted molar refractivity (Wildman–Crippen MR) is 70.7 cm³/mol. The van der Waals surface area contributed by atoms with Crippen LogP contribution in [0.25, 0.3) is 0 Å². The van der Waals surface area contributed by atoms with Crippen LogP contribution in [0.15, 0.2) is 18.2 Å². The molecular weight excluding hydrogens is 252 g/mol. The molecule has 0 radical (unpaired) electrons. The normalized spacial score (nSPS) is 16.5. The van der Waals surface area contributed by atoms with Crippen molar-refractivity contribution in [2.24, 2.45) is 0 Å². The van der Waals surface area contributed by atoms with Crippen LogP contribution in [0.2, 0.25) is 5.02 Å². The van der Waals surface area contributed by atoms with Gasteiger partial charge in [0, 0.05) is 14.1 Å². The van der Waals surface area contributed by atoms with E-state index in [9.17, 15) is 4.79 Å². The molecule has 1 aromatic carbocycles. The van der Waals surface area contributed by atoms with Gasteiger partial charge < -0.3 is 4.74 Å². The number of amides is 1. The Labute approximate surface area is 112 Å². The van der Waals surface area contributed by atoms with E-state index in [1.54, 1.807) is 32.3 Å². The molecule has 0 saturated heterocycles. The van der Waals surface area contributed by atoms with Crippen LogP contribution in [-0.2, 0) is 10.2 Å². The van der Waals surface area contributed by atoms with Gasteiger partial charge >= 0.3 is 0 Å². The van der Waals surface area contributed by atoms with Crippen molar-refractivity contribution in [1.82, 2.24) is 10.4 Å². The van der Waals surface area contributed by atoms with E-state index in [0.717, 1.165) is 18.4 Å². The highest BCUT2D eigenvalue weighted by atomic mass is 35.5. The van der Waals surface area contributed by atoms with Gasteiger partial charge in [-0.05, 0) is 30.5 Å². The van der Waals surface area contributed by atoms with Gasteiger partial charge in [-0.15, -0.1) is 0 Å². The number of methoxy groups -OCH3 is 1. The average molecular weight is 269 g/mol. The molecule has 2 rings (SSSR count). The average Bonchev–Trinajstić information content (AvgIpc) is 3.09. The number of nitrogens with one attached hydrogen (secondary N) is 1. The number of halogens is 1. The fourth-order valence-electron chi connectivity index (χ4n) is 2.05. The first-order chi connectivity index (χ1) is 8.49. The molecule has 1 aliphatic rings. The van der Waals surface area contributed by atoms with Crippen LogP contribution in [0.3, 0.4) is 0 Å². The minimum atomic E-state index is -0.416. The van der Waals surface area contributed by atoms with Gasteiger partial charge in [-0.25, -0.2) is 5.01 Å². The maximum Gasteiger partial charge on any atom is 0.244 e. The van der Waals surface area contributed by atoms with Crippen molar-refractivity contribution < 1.29 is 9.53 Å². The second-order valence-electron chi connectivity index (χ2n) is 4.77. The zero-order chi connectivity index (χ0) is 13.3. The summed E-state index contributed by atoms with van der Waals surface area (Å²) in [5, 5.41) is 2.20. The Hall–Kier alpha value is -1.26. The Kier molecular flexibility index (Phi) is 3.50. The molecule has 0 aliphatic heterocycles. The summed E-state index contributed by atoms with van der Waals surface area (Å²) >= 11 is 6.11. The van der Waals surface area contributed by atoms with Crippen molar-refractivity contribution in [3.05, 3.63) is 28.8 Å². The van der Waals surface area contributed by atoms with Crippen LogP contribution >= 0.6 is 11.6 Å². The fraction of sp³-hybridized carbons (Fsp3) is 0.462. The molecular formula is C13H17ClN2O2. The second-order valence-corrected chi connectivity index (χ2v) is 5.17. The van der Waals surface area contributed by atoms with Gasteiger partial charge in [-0.2, -0.15) is 0 Å². The van der Waals surface area contributed by atoms with Crippen LogP contribution in [0, 0.1) is 0 Å². The zero-order valence-electron chi connectivity index (χ0n) is 10.8. The summed E-state index contributed by atoms with van der Waals surface area (Å²) in [5.41, 5.74) is 3.35. The van der Waals surface area contributed by atoms with Crippen LogP contribution in [0.5, 0.6) is 5.75 Å². The summed E-state index contributed by atoms with van der Waals surface area (Å²) < 4.78 is 5.12. The van der Waals surface area contributed by atoms with E-state index in [-0.39, 0.29) is 5.91 Å². The fourth-order valence-corrected chi connectivity index (χ4v) is 2.30. The minimum absolute atomic E-state index is 0.0220. The molecule has 1 saturated carbocycles. The maximum absolute atomic E-state index is 12.2. The van der Waals surface area contributed by atoms with Crippen molar-refractivity contribution in [3.63, 3.8) is 0 Å². The molecule has 0 atom stereocenters. The Bertz CT molecular complexity index is 470. The number of nitrogens with zero attached hydrogens (tertiary/aromatic N) is 1. The van der Waals surface area contributed by atoms with Gasteiger partial charge in [0.05, 0.1) is 17.5 Å². The Morgan fingerprint density at radius 1 is 1.44 bits per heavy atom. The first-order valence-corrected chi connectivity index (χ1v) is 6.20. The molecule has 1 aromatic rings. The molecule has 0 spiro atoms. The summed E-state index contributed by atoms with van der Waals surface area (Å²) in [4.78, 5) is 12.2. The third-order valence-corrected chi connectivity index (χ3v) is 3.51. The van der Waals surface area contributed by atoms with Crippen molar-refractivity contribution >= 4 is 17.5 Å². The SMILES string of the molecule is COc1ccc(C2(C(=O)NN(C)C)CC2)cc1Cl. The number of rotatable bonds is 4. The summed E-state index contributed by atoms with van der Waals surface area (Å²) in [5.74, 6) is 0.651. The Balaban J connectivity index is 2.25. The third-order valence-electron chi connectivity index (χ3n) is 3.21. The van der Waals surface area contributed by atoms with Gasteiger partial charge in [0.2, 0.25) is 5.91 Å². The lowest BCUT2D eigenvalue weighted by molar-refractivity contribution is -0.127. The van der Waals surface area contributed by atoms with Gasteiger partial charge in [0.15, 0.2) is 0 Å². The third kappa shape index (κ3) is 2.31. The molecule has 0 bridgehead atoms. The van der Waals surface area contributed by atoms with Crippen LogP contribution in [0.1, 0.15) is 18.4 Å². The molecule has 1 fully saturated rings. The highest BCUT2D eigenvalue weighted by Crippen LogP contribution is 2.49. The van der Waals surface area contributed by atoms with E-state index in [0.29, 0.717) is 10.8 Å². The number of hydrogen-bond donors (Lipinski definition) is 1. The van der Waals surface area contributed by atoms with E-state index in [1.807, 2.05) is 12.1 Å². The van der Waals surface area contributed by atoms with Crippen LogP contribution in [0.4, 0.5) is 0 Å². The lowest BCUT2D eigenvalue weighted by atomic mass is 9.95. The number of hydrogen-bond acceptors (Lipinski definition) is 3. The van der Waals surface area contributed by atoms with Crippen molar-refractivity contribution in [2.75, 3.05) is 21.2 Å². The van der Waals surface area contributed by atoms with E-state index >= 15 is 0 Å². The maximum atomic E-state index is 12.2. The molecule has 18 heavy (non-hydrogen) atoms. The van der Waals surface area contributed by atoms with Crippen LogP contribution < -0.4 is 10.2 Å². The molecule has 5 heteroatoms. The summed E-state index contributed by atoms with van der Waals surface area (Å²) in [7, 11) is 5.18. The standard InChI is InChI=1S/C13H17ClN2O2/c1-16(2)15-12(17)13(6-7-13)9-4-5-11(18-3)10(14)8-9/h4-5,8H,6-7H2,1-3H3,(H,15,17). The monoisotopic (exact) mass is 268 g/mol.